The molecule has 0 amide bonds. The zero-order chi connectivity index (χ0) is 11.7. The fourth-order valence-electron chi connectivity index (χ4n) is 2.85. The Kier molecular flexibility index (Phi) is 2.67. The van der Waals surface area contributed by atoms with E-state index in [1.807, 2.05) is 6.20 Å². The minimum absolute atomic E-state index is 0.429. The first-order valence-electron chi connectivity index (χ1n) is 6.63. The molecule has 17 heavy (non-hydrogen) atoms. The van der Waals surface area contributed by atoms with Crippen molar-refractivity contribution in [3.05, 3.63) is 36.0 Å². The number of rotatable bonds is 4. The van der Waals surface area contributed by atoms with E-state index in [4.69, 9.17) is 0 Å². The molecule has 0 radical (unpaired) electrons. The van der Waals surface area contributed by atoms with Gasteiger partial charge in [0.15, 0.2) is 0 Å². The van der Waals surface area contributed by atoms with E-state index in [1.54, 1.807) is 0 Å². The second-order valence-electron chi connectivity index (χ2n) is 5.20. The predicted molar refractivity (Wildman–Crippen MR) is 72.0 cm³/mol. The van der Waals surface area contributed by atoms with Crippen molar-refractivity contribution in [2.24, 2.45) is 0 Å². The second-order valence-corrected chi connectivity index (χ2v) is 5.20. The molecule has 2 nitrogen and oxygen atoms in total. The van der Waals surface area contributed by atoms with Crippen LogP contribution in [-0.2, 0) is 6.54 Å². The van der Waals surface area contributed by atoms with Crippen molar-refractivity contribution in [3.8, 4) is 0 Å². The van der Waals surface area contributed by atoms with Crippen LogP contribution in [0.15, 0.2) is 30.5 Å². The van der Waals surface area contributed by atoms with Crippen LogP contribution in [-0.4, -0.2) is 10.5 Å². The standard InChI is InChI=1S/C15H20N2/c1-2-15(8-4-9-15)17-11-12-5-3-6-14-13(12)7-10-16-14/h3,5-7,10,16-17H,2,4,8-9,11H2,1H3. The summed E-state index contributed by atoms with van der Waals surface area (Å²) < 4.78 is 0. The summed E-state index contributed by atoms with van der Waals surface area (Å²) in [4.78, 5) is 3.27. The van der Waals surface area contributed by atoms with Crippen LogP contribution in [0.2, 0.25) is 0 Å². The molecular weight excluding hydrogens is 208 g/mol. The molecule has 1 aliphatic rings. The molecule has 1 fully saturated rings. The average Bonchev–Trinajstić information content (AvgIpc) is 2.77. The quantitative estimate of drug-likeness (QED) is 0.822. The molecular formula is C15H20N2. The van der Waals surface area contributed by atoms with Gasteiger partial charge in [-0.2, -0.15) is 0 Å². The molecule has 1 saturated carbocycles. The van der Waals surface area contributed by atoms with Gasteiger partial charge in [0.1, 0.15) is 0 Å². The Balaban J connectivity index is 1.78. The maximum absolute atomic E-state index is 3.77. The van der Waals surface area contributed by atoms with E-state index in [2.05, 4.69) is 41.5 Å². The number of H-pyrrole nitrogens is 1. The minimum Gasteiger partial charge on any atom is -0.361 e. The van der Waals surface area contributed by atoms with Gasteiger partial charge in [0.25, 0.3) is 0 Å². The van der Waals surface area contributed by atoms with Gasteiger partial charge >= 0.3 is 0 Å². The zero-order valence-corrected chi connectivity index (χ0v) is 10.4. The van der Waals surface area contributed by atoms with E-state index in [9.17, 15) is 0 Å². The fraction of sp³-hybridized carbons (Fsp3) is 0.467. The highest BCUT2D eigenvalue weighted by Crippen LogP contribution is 2.35. The molecule has 2 heteroatoms. The fourth-order valence-corrected chi connectivity index (χ4v) is 2.85. The number of hydrogen-bond acceptors (Lipinski definition) is 1. The lowest BCUT2D eigenvalue weighted by Crippen LogP contribution is -2.49. The van der Waals surface area contributed by atoms with Gasteiger partial charge in [0.2, 0.25) is 0 Å². The van der Waals surface area contributed by atoms with E-state index in [-0.39, 0.29) is 0 Å². The van der Waals surface area contributed by atoms with E-state index in [0.29, 0.717) is 5.54 Å². The van der Waals surface area contributed by atoms with Gasteiger partial charge in [0.05, 0.1) is 0 Å². The number of aromatic nitrogens is 1. The molecule has 2 N–H and O–H groups in total. The Bertz CT molecular complexity index is 503. The first kappa shape index (κ1) is 10.8. The monoisotopic (exact) mass is 228 g/mol. The third-order valence-electron chi connectivity index (χ3n) is 4.33. The molecule has 1 aliphatic carbocycles. The summed E-state index contributed by atoms with van der Waals surface area (Å²) >= 11 is 0. The lowest BCUT2D eigenvalue weighted by atomic mass is 9.75. The molecule has 90 valence electrons. The van der Waals surface area contributed by atoms with Crippen LogP contribution in [0.25, 0.3) is 10.9 Å². The summed E-state index contributed by atoms with van der Waals surface area (Å²) in [6, 6.07) is 8.67. The number of aromatic amines is 1. The van der Waals surface area contributed by atoms with Crippen molar-refractivity contribution >= 4 is 10.9 Å². The molecule has 0 atom stereocenters. The molecule has 0 spiro atoms. The van der Waals surface area contributed by atoms with E-state index in [1.165, 1.54) is 42.1 Å². The summed E-state index contributed by atoms with van der Waals surface area (Å²) in [5.74, 6) is 0. The maximum atomic E-state index is 3.77. The molecule has 3 rings (SSSR count). The third-order valence-corrected chi connectivity index (χ3v) is 4.33. The molecule has 0 aliphatic heterocycles. The van der Waals surface area contributed by atoms with Gasteiger partial charge < -0.3 is 10.3 Å². The number of hydrogen-bond donors (Lipinski definition) is 2. The minimum atomic E-state index is 0.429. The average molecular weight is 228 g/mol. The Labute approximate surface area is 102 Å². The molecule has 0 saturated heterocycles. The summed E-state index contributed by atoms with van der Waals surface area (Å²) in [6.45, 7) is 3.28. The van der Waals surface area contributed by atoms with Crippen molar-refractivity contribution in [1.29, 1.82) is 0 Å². The van der Waals surface area contributed by atoms with Crippen LogP contribution < -0.4 is 5.32 Å². The van der Waals surface area contributed by atoms with Crippen LogP contribution in [0.3, 0.4) is 0 Å². The molecule has 2 aromatic rings. The smallest absolute Gasteiger partial charge is 0.0457 e. The van der Waals surface area contributed by atoms with Crippen LogP contribution in [0.1, 0.15) is 38.2 Å². The SMILES string of the molecule is CCC1(NCc2cccc3[nH]ccc23)CCC1. The second kappa shape index (κ2) is 4.19. The van der Waals surface area contributed by atoms with Crippen molar-refractivity contribution in [2.45, 2.75) is 44.7 Å². The summed E-state index contributed by atoms with van der Waals surface area (Å²) in [5, 5.41) is 5.12. The Hall–Kier alpha value is -1.28. The molecule has 1 aromatic heterocycles. The van der Waals surface area contributed by atoms with Crippen LogP contribution in [0, 0.1) is 0 Å². The van der Waals surface area contributed by atoms with Crippen molar-refractivity contribution in [2.75, 3.05) is 0 Å². The molecule has 1 aromatic carbocycles. The first-order chi connectivity index (χ1) is 8.33. The van der Waals surface area contributed by atoms with Crippen LogP contribution in [0.4, 0.5) is 0 Å². The third kappa shape index (κ3) is 1.87. The first-order valence-corrected chi connectivity index (χ1v) is 6.63. The van der Waals surface area contributed by atoms with Gasteiger partial charge in [0, 0.05) is 29.2 Å². The summed E-state index contributed by atoms with van der Waals surface area (Å²) in [5.41, 5.74) is 3.07. The van der Waals surface area contributed by atoms with E-state index >= 15 is 0 Å². The summed E-state index contributed by atoms with van der Waals surface area (Å²) in [6.07, 6.45) is 7.33. The van der Waals surface area contributed by atoms with Crippen molar-refractivity contribution in [1.82, 2.24) is 10.3 Å². The van der Waals surface area contributed by atoms with Crippen molar-refractivity contribution < 1.29 is 0 Å². The van der Waals surface area contributed by atoms with Gasteiger partial charge in [-0.3, -0.25) is 0 Å². The molecule has 0 unspecified atom stereocenters. The van der Waals surface area contributed by atoms with Gasteiger partial charge in [-0.1, -0.05) is 19.1 Å². The number of fused-ring (bicyclic) bond motifs is 1. The number of benzene rings is 1. The van der Waals surface area contributed by atoms with E-state index < -0.39 is 0 Å². The Morgan fingerprint density at radius 1 is 1.29 bits per heavy atom. The molecule has 0 bridgehead atoms. The van der Waals surface area contributed by atoms with Crippen LogP contribution in [0.5, 0.6) is 0 Å². The molecule has 1 heterocycles. The normalized spacial score (nSPS) is 18.2. The van der Waals surface area contributed by atoms with Gasteiger partial charge in [-0.05, 0) is 43.4 Å². The highest BCUT2D eigenvalue weighted by molar-refractivity contribution is 5.82. The van der Waals surface area contributed by atoms with Gasteiger partial charge in [-0.25, -0.2) is 0 Å². The number of nitrogens with one attached hydrogen (secondary N) is 2. The van der Waals surface area contributed by atoms with E-state index in [0.717, 1.165) is 6.54 Å². The lowest BCUT2D eigenvalue weighted by Gasteiger charge is -2.42. The maximum Gasteiger partial charge on any atom is 0.0457 e. The highest BCUT2D eigenvalue weighted by Gasteiger charge is 2.34. The topological polar surface area (TPSA) is 27.8 Å². The summed E-state index contributed by atoms with van der Waals surface area (Å²) in [7, 11) is 0. The zero-order valence-electron chi connectivity index (χ0n) is 10.4. The van der Waals surface area contributed by atoms with Gasteiger partial charge in [-0.15, -0.1) is 0 Å². The Morgan fingerprint density at radius 3 is 2.88 bits per heavy atom. The largest absolute Gasteiger partial charge is 0.361 e. The lowest BCUT2D eigenvalue weighted by molar-refractivity contribution is 0.175. The predicted octanol–water partition coefficient (Wildman–Crippen LogP) is 3.59. The Morgan fingerprint density at radius 2 is 2.18 bits per heavy atom. The highest BCUT2D eigenvalue weighted by atomic mass is 15.0. The van der Waals surface area contributed by atoms with Crippen LogP contribution >= 0.6 is 0 Å². The van der Waals surface area contributed by atoms with Crippen molar-refractivity contribution in [3.63, 3.8) is 0 Å².